The van der Waals surface area contributed by atoms with E-state index in [0.717, 1.165) is 37.6 Å². The van der Waals surface area contributed by atoms with Crippen molar-refractivity contribution in [2.24, 2.45) is 0 Å². The maximum Gasteiger partial charge on any atom is 0.233 e. The monoisotopic (exact) mass is 396 g/mol. The Morgan fingerprint density at radius 3 is 1.21 bits per heavy atom. The van der Waals surface area contributed by atoms with Crippen molar-refractivity contribution in [3.05, 3.63) is 48.5 Å². The zero-order chi connectivity index (χ0) is 21.2. The van der Waals surface area contributed by atoms with Crippen LogP contribution in [0.25, 0.3) is 0 Å². The van der Waals surface area contributed by atoms with Gasteiger partial charge in [-0.3, -0.25) is 9.59 Å². The quantitative estimate of drug-likeness (QED) is 0.586. The van der Waals surface area contributed by atoms with Gasteiger partial charge in [0.15, 0.2) is 0 Å². The van der Waals surface area contributed by atoms with E-state index < -0.39 is 0 Å². The van der Waals surface area contributed by atoms with Crippen LogP contribution in [0.5, 0.6) is 0 Å². The average molecular weight is 397 g/mol. The van der Waals surface area contributed by atoms with Gasteiger partial charge in [0, 0.05) is 48.9 Å². The van der Waals surface area contributed by atoms with E-state index in [1.807, 2.05) is 48.5 Å². The first-order valence-electron chi connectivity index (χ1n) is 10.3. The lowest BCUT2D eigenvalue weighted by Gasteiger charge is -2.21. The van der Waals surface area contributed by atoms with Crippen LogP contribution in [-0.2, 0) is 9.59 Å². The fraction of sp³-hybridized carbons (Fsp3) is 0.391. The summed E-state index contributed by atoms with van der Waals surface area (Å²) in [5.74, 6) is -0.671. The van der Waals surface area contributed by atoms with Crippen molar-refractivity contribution in [3.8, 4) is 0 Å². The van der Waals surface area contributed by atoms with Gasteiger partial charge in [0.25, 0.3) is 0 Å². The van der Waals surface area contributed by atoms with E-state index >= 15 is 0 Å². The first kappa shape index (κ1) is 22.3. The number of carbonyl (C=O) groups excluding carboxylic acids is 2. The molecule has 0 fully saturated rings. The first-order chi connectivity index (χ1) is 14.0. The minimum absolute atomic E-state index is 0.227. The number of hydrogen-bond acceptors (Lipinski definition) is 4. The van der Waals surface area contributed by atoms with Crippen LogP contribution in [0.4, 0.5) is 22.7 Å². The van der Waals surface area contributed by atoms with Gasteiger partial charge in [0.1, 0.15) is 6.42 Å². The first-order valence-corrected chi connectivity index (χ1v) is 10.3. The fourth-order valence-corrected chi connectivity index (χ4v) is 3.24. The van der Waals surface area contributed by atoms with Crippen molar-refractivity contribution in [2.75, 3.05) is 46.6 Å². The van der Waals surface area contributed by atoms with Crippen LogP contribution in [0.1, 0.15) is 34.1 Å². The maximum atomic E-state index is 12.2. The number of rotatable bonds is 10. The highest BCUT2D eigenvalue weighted by Gasteiger charge is 2.11. The molecule has 0 heterocycles. The molecule has 156 valence electrons. The summed E-state index contributed by atoms with van der Waals surface area (Å²) in [6.45, 7) is 12.1. The summed E-state index contributed by atoms with van der Waals surface area (Å²) < 4.78 is 0. The molecule has 2 aromatic carbocycles. The van der Waals surface area contributed by atoms with Gasteiger partial charge in [-0.2, -0.15) is 0 Å². The fourth-order valence-electron chi connectivity index (χ4n) is 3.24. The Balaban J connectivity index is 1.86. The Labute approximate surface area is 173 Å². The molecule has 0 aromatic heterocycles. The summed E-state index contributed by atoms with van der Waals surface area (Å²) in [5.41, 5.74) is 3.59. The van der Waals surface area contributed by atoms with Crippen molar-refractivity contribution in [2.45, 2.75) is 34.1 Å². The molecular formula is C23H32N4O2. The van der Waals surface area contributed by atoms with Gasteiger partial charge in [-0.15, -0.1) is 0 Å². The number of anilines is 4. The second kappa shape index (κ2) is 11.1. The Bertz CT molecular complexity index is 712. The molecule has 2 rings (SSSR count). The molecule has 0 atom stereocenters. The highest BCUT2D eigenvalue weighted by molar-refractivity contribution is 6.08. The highest BCUT2D eigenvalue weighted by Crippen LogP contribution is 2.19. The third-order valence-corrected chi connectivity index (χ3v) is 4.88. The van der Waals surface area contributed by atoms with Crippen LogP contribution in [0.15, 0.2) is 48.5 Å². The normalized spacial score (nSPS) is 10.3. The molecule has 0 bridgehead atoms. The van der Waals surface area contributed by atoms with Crippen molar-refractivity contribution in [1.29, 1.82) is 0 Å². The van der Waals surface area contributed by atoms with Gasteiger partial charge in [-0.05, 0) is 76.2 Å². The lowest BCUT2D eigenvalue weighted by atomic mass is 10.2. The third-order valence-electron chi connectivity index (χ3n) is 4.88. The van der Waals surface area contributed by atoms with E-state index in [4.69, 9.17) is 0 Å². The molecule has 0 saturated carbocycles. The van der Waals surface area contributed by atoms with E-state index in [-0.39, 0.29) is 18.2 Å². The number of amides is 2. The number of nitrogens with zero attached hydrogens (tertiary/aromatic N) is 2. The Kier molecular flexibility index (Phi) is 8.52. The van der Waals surface area contributed by atoms with Crippen molar-refractivity contribution < 1.29 is 9.59 Å². The molecule has 0 spiro atoms. The van der Waals surface area contributed by atoms with Gasteiger partial charge in [-0.1, -0.05) is 0 Å². The molecule has 2 aromatic rings. The summed E-state index contributed by atoms with van der Waals surface area (Å²) in [7, 11) is 0. The molecule has 0 saturated heterocycles. The number of benzene rings is 2. The second-order valence-corrected chi connectivity index (χ2v) is 6.71. The molecule has 2 N–H and O–H groups in total. The van der Waals surface area contributed by atoms with Crippen LogP contribution < -0.4 is 20.4 Å². The largest absolute Gasteiger partial charge is 0.372 e. The van der Waals surface area contributed by atoms with Gasteiger partial charge < -0.3 is 20.4 Å². The summed E-state index contributed by atoms with van der Waals surface area (Å²) in [5, 5.41) is 5.55. The summed E-state index contributed by atoms with van der Waals surface area (Å²) in [6.07, 6.45) is -0.227. The van der Waals surface area contributed by atoms with Gasteiger partial charge in [0.05, 0.1) is 0 Å². The lowest BCUT2D eigenvalue weighted by Crippen LogP contribution is -2.23. The Morgan fingerprint density at radius 1 is 0.621 bits per heavy atom. The summed E-state index contributed by atoms with van der Waals surface area (Å²) >= 11 is 0. The van der Waals surface area contributed by atoms with Crippen molar-refractivity contribution in [1.82, 2.24) is 0 Å². The molecule has 6 heteroatoms. The lowest BCUT2D eigenvalue weighted by molar-refractivity contribution is -0.123. The van der Waals surface area contributed by atoms with Gasteiger partial charge in [-0.25, -0.2) is 0 Å². The number of hydrogen-bond donors (Lipinski definition) is 2. The van der Waals surface area contributed by atoms with Crippen LogP contribution >= 0.6 is 0 Å². The van der Waals surface area contributed by atoms with E-state index in [1.54, 1.807) is 0 Å². The summed E-state index contributed by atoms with van der Waals surface area (Å²) in [4.78, 5) is 28.8. The highest BCUT2D eigenvalue weighted by atomic mass is 16.2. The predicted molar refractivity (Wildman–Crippen MR) is 122 cm³/mol. The molecule has 0 aliphatic rings. The SMILES string of the molecule is CCN(CC)c1ccc(NC(=O)CC(=O)Nc2ccc(N(CC)CC)cc2)cc1. The third kappa shape index (κ3) is 6.52. The molecular weight excluding hydrogens is 364 g/mol. The molecule has 6 nitrogen and oxygen atoms in total. The van der Waals surface area contributed by atoms with Crippen LogP contribution in [0, 0.1) is 0 Å². The van der Waals surface area contributed by atoms with Crippen LogP contribution in [0.2, 0.25) is 0 Å². The summed E-state index contributed by atoms with van der Waals surface area (Å²) in [6, 6.07) is 15.3. The van der Waals surface area contributed by atoms with Crippen molar-refractivity contribution in [3.63, 3.8) is 0 Å². The second-order valence-electron chi connectivity index (χ2n) is 6.71. The minimum Gasteiger partial charge on any atom is -0.372 e. The number of nitrogens with one attached hydrogen (secondary N) is 2. The molecule has 0 aliphatic carbocycles. The average Bonchev–Trinajstić information content (AvgIpc) is 2.72. The predicted octanol–water partition coefficient (Wildman–Crippen LogP) is 4.35. The Hall–Kier alpha value is -3.02. The molecule has 0 aliphatic heterocycles. The van der Waals surface area contributed by atoms with Gasteiger partial charge in [0.2, 0.25) is 11.8 Å². The van der Waals surface area contributed by atoms with Crippen LogP contribution in [0.3, 0.4) is 0 Å². The standard InChI is InChI=1S/C23H32N4O2/c1-5-26(6-2)20-13-9-18(10-14-20)24-22(28)17-23(29)25-19-11-15-21(16-12-19)27(7-3)8-4/h9-16H,5-8,17H2,1-4H3,(H,24,28)(H,25,29). The van der Waals surface area contributed by atoms with E-state index in [9.17, 15) is 9.59 Å². The van der Waals surface area contributed by atoms with E-state index in [2.05, 4.69) is 48.1 Å². The molecule has 0 radical (unpaired) electrons. The molecule has 29 heavy (non-hydrogen) atoms. The van der Waals surface area contributed by atoms with E-state index in [0.29, 0.717) is 11.4 Å². The minimum atomic E-state index is -0.335. The Morgan fingerprint density at radius 2 is 0.931 bits per heavy atom. The molecule has 2 amide bonds. The molecule has 0 unspecified atom stereocenters. The topological polar surface area (TPSA) is 64.7 Å². The van der Waals surface area contributed by atoms with E-state index in [1.165, 1.54) is 0 Å². The van der Waals surface area contributed by atoms with Gasteiger partial charge >= 0.3 is 0 Å². The zero-order valence-electron chi connectivity index (χ0n) is 17.9. The van der Waals surface area contributed by atoms with Crippen LogP contribution in [-0.4, -0.2) is 38.0 Å². The smallest absolute Gasteiger partial charge is 0.233 e. The van der Waals surface area contributed by atoms with Crippen molar-refractivity contribution >= 4 is 34.6 Å². The number of carbonyl (C=O) groups is 2. The maximum absolute atomic E-state index is 12.2. The zero-order valence-corrected chi connectivity index (χ0v) is 17.9.